The van der Waals surface area contributed by atoms with Gasteiger partial charge in [-0.2, -0.15) is 5.26 Å². The fraction of sp³-hybridized carbons (Fsp3) is 0. The summed E-state index contributed by atoms with van der Waals surface area (Å²) < 4.78 is 25.1. The molecular weight excluding hydrogens is 386 g/mol. The van der Waals surface area contributed by atoms with Crippen LogP contribution in [-0.4, -0.2) is 19.3 Å². The maximum atomic E-state index is 12.6. The van der Waals surface area contributed by atoms with Crippen molar-refractivity contribution in [3.63, 3.8) is 0 Å². The standard InChI is InChI=1S/C19H12ClN3O3S/c20-15-6-8-16(9-7-15)27(25,26)18-10-5-14(12-22-18)19(24)23-17-4-2-1-3-13(17)11-21/h1-10,12H,(H,23,24). The summed E-state index contributed by atoms with van der Waals surface area (Å²) in [7, 11) is -3.81. The average molecular weight is 398 g/mol. The van der Waals surface area contributed by atoms with Crippen LogP contribution in [0.15, 0.2) is 76.8 Å². The highest BCUT2D eigenvalue weighted by Crippen LogP contribution is 2.21. The molecule has 1 amide bonds. The van der Waals surface area contributed by atoms with Crippen molar-refractivity contribution < 1.29 is 13.2 Å². The Morgan fingerprint density at radius 1 is 1.04 bits per heavy atom. The molecule has 0 aliphatic rings. The number of hydrogen-bond donors (Lipinski definition) is 1. The molecule has 1 aromatic heterocycles. The highest BCUT2D eigenvalue weighted by Gasteiger charge is 2.20. The molecule has 8 heteroatoms. The zero-order valence-electron chi connectivity index (χ0n) is 13.8. The van der Waals surface area contributed by atoms with Gasteiger partial charge in [-0.05, 0) is 48.5 Å². The van der Waals surface area contributed by atoms with Crippen LogP contribution in [0.25, 0.3) is 0 Å². The van der Waals surface area contributed by atoms with Gasteiger partial charge in [0.2, 0.25) is 9.84 Å². The molecule has 0 atom stereocenters. The highest BCUT2D eigenvalue weighted by molar-refractivity contribution is 7.91. The Balaban J connectivity index is 1.84. The van der Waals surface area contributed by atoms with Crippen molar-refractivity contribution in [3.8, 4) is 6.07 Å². The number of aromatic nitrogens is 1. The van der Waals surface area contributed by atoms with Crippen LogP contribution in [0.2, 0.25) is 5.02 Å². The van der Waals surface area contributed by atoms with Crippen molar-refractivity contribution in [1.82, 2.24) is 4.98 Å². The number of carbonyl (C=O) groups excluding carboxylic acids is 1. The van der Waals surface area contributed by atoms with Gasteiger partial charge >= 0.3 is 0 Å². The van der Waals surface area contributed by atoms with Gasteiger partial charge in [-0.25, -0.2) is 13.4 Å². The molecule has 27 heavy (non-hydrogen) atoms. The number of rotatable bonds is 4. The van der Waals surface area contributed by atoms with Crippen LogP contribution in [0.4, 0.5) is 5.69 Å². The number of pyridine rings is 1. The van der Waals surface area contributed by atoms with E-state index < -0.39 is 15.7 Å². The largest absolute Gasteiger partial charge is 0.321 e. The number of nitrogens with one attached hydrogen (secondary N) is 1. The summed E-state index contributed by atoms with van der Waals surface area (Å²) in [6.45, 7) is 0. The van der Waals surface area contributed by atoms with E-state index in [1.807, 2.05) is 6.07 Å². The van der Waals surface area contributed by atoms with E-state index in [2.05, 4.69) is 10.3 Å². The Hall–Kier alpha value is -3.21. The van der Waals surface area contributed by atoms with Crippen molar-refractivity contribution in [2.45, 2.75) is 9.92 Å². The van der Waals surface area contributed by atoms with Gasteiger partial charge in [-0.15, -0.1) is 0 Å². The Morgan fingerprint density at radius 3 is 2.37 bits per heavy atom. The van der Waals surface area contributed by atoms with Crippen molar-refractivity contribution in [3.05, 3.63) is 83.0 Å². The number of carbonyl (C=O) groups is 1. The molecule has 6 nitrogen and oxygen atoms in total. The molecule has 2 aromatic carbocycles. The minimum atomic E-state index is -3.81. The molecule has 1 N–H and O–H groups in total. The van der Waals surface area contributed by atoms with E-state index in [0.717, 1.165) is 0 Å². The van der Waals surface area contributed by atoms with E-state index in [9.17, 15) is 13.2 Å². The molecule has 0 bridgehead atoms. The van der Waals surface area contributed by atoms with Gasteiger partial charge in [0.25, 0.3) is 5.91 Å². The van der Waals surface area contributed by atoms with Crippen LogP contribution >= 0.6 is 11.6 Å². The molecule has 0 aliphatic carbocycles. The topological polar surface area (TPSA) is 99.9 Å². The number of anilines is 1. The Morgan fingerprint density at radius 2 is 1.74 bits per heavy atom. The maximum absolute atomic E-state index is 12.6. The fourth-order valence-corrected chi connectivity index (χ4v) is 3.59. The lowest BCUT2D eigenvalue weighted by molar-refractivity contribution is 0.102. The van der Waals surface area contributed by atoms with Crippen molar-refractivity contribution in [2.24, 2.45) is 0 Å². The lowest BCUT2D eigenvalue weighted by Gasteiger charge is -2.08. The van der Waals surface area contributed by atoms with E-state index in [1.54, 1.807) is 24.3 Å². The van der Waals surface area contributed by atoms with Gasteiger partial charge in [-0.3, -0.25) is 4.79 Å². The van der Waals surface area contributed by atoms with Crippen LogP contribution < -0.4 is 5.32 Å². The number of hydrogen-bond acceptors (Lipinski definition) is 5. The lowest BCUT2D eigenvalue weighted by atomic mass is 10.2. The minimum absolute atomic E-state index is 0.0551. The predicted octanol–water partition coefficient (Wildman–Crippen LogP) is 3.69. The first kappa shape index (κ1) is 18.6. The monoisotopic (exact) mass is 397 g/mol. The van der Waals surface area contributed by atoms with Crippen LogP contribution in [0.5, 0.6) is 0 Å². The number of sulfone groups is 1. The number of para-hydroxylation sites is 1. The second-order valence-corrected chi connectivity index (χ2v) is 7.79. The van der Waals surface area contributed by atoms with E-state index in [1.165, 1.54) is 42.6 Å². The molecule has 0 fully saturated rings. The Kier molecular flexibility index (Phi) is 5.21. The van der Waals surface area contributed by atoms with Gasteiger partial charge in [0.1, 0.15) is 6.07 Å². The third-order valence-electron chi connectivity index (χ3n) is 3.69. The van der Waals surface area contributed by atoms with Crippen LogP contribution in [-0.2, 0) is 9.84 Å². The fourth-order valence-electron chi connectivity index (χ4n) is 2.29. The number of nitriles is 1. The molecule has 3 rings (SSSR count). The molecule has 0 saturated heterocycles. The third-order valence-corrected chi connectivity index (χ3v) is 5.63. The van der Waals surface area contributed by atoms with Crippen molar-refractivity contribution in [2.75, 3.05) is 5.32 Å². The van der Waals surface area contributed by atoms with Crippen molar-refractivity contribution >= 4 is 33.0 Å². The molecular formula is C19H12ClN3O3S. The zero-order valence-corrected chi connectivity index (χ0v) is 15.3. The molecule has 1 heterocycles. The summed E-state index contributed by atoms with van der Waals surface area (Å²) in [6.07, 6.45) is 1.17. The number of benzene rings is 2. The van der Waals surface area contributed by atoms with Gasteiger partial charge in [-0.1, -0.05) is 23.7 Å². The SMILES string of the molecule is N#Cc1ccccc1NC(=O)c1ccc(S(=O)(=O)c2ccc(Cl)cc2)nc1. The van der Waals surface area contributed by atoms with Crippen LogP contribution in [0.3, 0.4) is 0 Å². The van der Waals surface area contributed by atoms with Crippen LogP contribution in [0.1, 0.15) is 15.9 Å². The zero-order chi connectivity index (χ0) is 19.4. The van der Waals surface area contributed by atoms with E-state index >= 15 is 0 Å². The smallest absolute Gasteiger partial charge is 0.257 e. The van der Waals surface area contributed by atoms with Gasteiger partial charge in [0, 0.05) is 11.2 Å². The maximum Gasteiger partial charge on any atom is 0.257 e. The Labute approximate surface area is 161 Å². The first-order chi connectivity index (χ1) is 12.9. The third kappa shape index (κ3) is 3.97. The normalized spacial score (nSPS) is 10.8. The predicted molar refractivity (Wildman–Crippen MR) is 100 cm³/mol. The molecule has 3 aromatic rings. The van der Waals surface area contributed by atoms with Gasteiger partial charge in [0.15, 0.2) is 5.03 Å². The van der Waals surface area contributed by atoms with Crippen LogP contribution in [0, 0.1) is 11.3 Å². The summed E-state index contributed by atoms with van der Waals surface area (Å²) in [5.74, 6) is -0.499. The average Bonchev–Trinajstić information content (AvgIpc) is 2.69. The van der Waals surface area contributed by atoms with Gasteiger partial charge < -0.3 is 5.32 Å². The minimum Gasteiger partial charge on any atom is -0.321 e. The highest BCUT2D eigenvalue weighted by atomic mass is 35.5. The quantitative estimate of drug-likeness (QED) is 0.723. The second-order valence-electron chi connectivity index (χ2n) is 5.45. The number of nitrogens with zero attached hydrogens (tertiary/aromatic N) is 2. The second kappa shape index (κ2) is 7.58. The molecule has 0 radical (unpaired) electrons. The lowest BCUT2D eigenvalue weighted by Crippen LogP contribution is -2.14. The number of amides is 1. The molecule has 0 spiro atoms. The first-order valence-corrected chi connectivity index (χ1v) is 9.55. The first-order valence-electron chi connectivity index (χ1n) is 7.69. The Bertz CT molecular complexity index is 1140. The molecule has 134 valence electrons. The van der Waals surface area contributed by atoms with E-state index in [-0.39, 0.29) is 15.5 Å². The molecule has 0 aliphatic heterocycles. The summed E-state index contributed by atoms with van der Waals surface area (Å²) in [5.41, 5.74) is 0.849. The number of halogens is 1. The summed E-state index contributed by atoms with van der Waals surface area (Å²) in [4.78, 5) is 16.3. The molecule has 0 unspecified atom stereocenters. The summed E-state index contributed by atoms with van der Waals surface area (Å²) >= 11 is 5.78. The summed E-state index contributed by atoms with van der Waals surface area (Å²) in [6, 6.07) is 16.9. The summed E-state index contributed by atoms with van der Waals surface area (Å²) in [5, 5.41) is 11.9. The van der Waals surface area contributed by atoms with Crippen molar-refractivity contribution in [1.29, 1.82) is 5.26 Å². The van der Waals surface area contributed by atoms with E-state index in [4.69, 9.17) is 16.9 Å². The van der Waals surface area contributed by atoms with Gasteiger partial charge in [0.05, 0.1) is 21.7 Å². The molecule has 0 saturated carbocycles. The van der Waals surface area contributed by atoms with E-state index in [0.29, 0.717) is 16.3 Å².